The van der Waals surface area contributed by atoms with E-state index in [1.807, 2.05) is 0 Å². The molecule has 0 radical (unpaired) electrons. The van der Waals surface area contributed by atoms with Gasteiger partial charge in [0.2, 0.25) is 0 Å². The quantitative estimate of drug-likeness (QED) is 0.472. The molecule has 0 spiro atoms. The molecule has 2 saturated heterocycles. The Hall–Kier alpha value is -0.0800. The molecule has 46 valence electrons. The number of ether oxygens (including phenoxy) is 1. The molecule has 2 rings (SSSR count). The largest absolute Gasteiger partial charge is 0.381 e. The standard InChI is InChI=1S/C6H11NO/c1-5-3-8-4-6(5)2-7-1/h5-7H,1-4H2/t5-,6-/m1/s1. The Bertz CT molecular complexity index is 74.5. The Labute approximate surface area is 49.2 Å². The van der Waals surface area contributed by atoms with Gasteiger partial charge >= 0.3 is 0 Å². The van der Waals surface area contributed by atoms with Gasteiger partial charge in [-0.2, -0.15) is 0 Å². The number of rotatable bonds is 0. The maximum Gasteiger partial charge on any atom is 0.0510 e. The average Bonchev–Trinajstić information content (AvgIpc) is 2.15. The Morgan fingerprint density at radius 1 is 1.12 bits per heavy atom. The second kappa shape index (κ2) is 1.71. The van der Waals surface area contributed by atoms with Crippen molar-refractivity contribution in [3.63, 3.8) is 0 Å². The first-order chi connectivity index (χ1) is 3.97. The molecule has 2 fully saturated rings. The maximum atomic E-state index is 5.27. The summed E-state index contributed by atoms with van der Waals surface area (Å²) in [5.41, 5.74) is 0. The summed E-state index contributed by atoms with van der Waals surface area (Å²) in [6.07, 6.45) is 0. The lowest BCUT2D eigenvalue weighted by Crippen LogP contribution is -2.11. The number of nitrogens with one attached hydrogen (secondary N) is 1. The third kappa shape index (κ3) is 0.565. The van der Waals surface area contributed by atoms with Crippen molar-refractivity contribution < 1.29 is 4.74 Å². The number of hydrogen-bond donors (Lipinski definition) is 1. The summed E-state index contributed by atoms with van der Waals surface area (Å²) >= 11 is 0. The molecule has 0 aromatic carbocycles. The van der Waals surface area contributed by atoms with Crippen molar-refractivity contribution in [2.75, 3.05) is 26.3 Å². The van der Waals surface area contributed by atoms with Crippen LogP contribution in [0.25, 0.3) is 0 Å². The van der Waals surface area contributed by atoms with E-state index in [4.69, 9.17) is 4.74 Å². The van der Waals surface area contributed by atoms with Gasteiger partial charge in [0.25, 0.3) is 0 Å². The van der Waals surface area contributed by atoms with Gasteiger partial charge in [0.1, 0.15) is 0 Å². The van der Waals surface area contributed by atoms with Crippen LogP contribution < -0.4 is 5.32 Å². The van der Waals surface area contributed by atoms with Crippen molar-refractivity contribution >= 4 is 0 Å². The predicted octanol–water partition coefficient (Wildman–Crippen LogP) is -0.148. The molecule has 8 heavy (non-hydrogen) atoms. The van der Waals surface area contributed by atoms with Crippen molar-refractivity contribution in [2.45, 2.75) is 0 Å². The van der Waals surface area contributed by atoms with Crippen molar-refractivity contribution in [1.29, 1.82) is 0 Å². The monoisotopic (exact) mass is 113 g/mol. The van der Waals surface area contributed by atoms with Gasteiger partial charge in [0.05, 0.1) is 13.2 Å². The lowest BCUT2D eigenvalue weighted by molar-refractivity contribution is 0.175. The SMILES string of the molecule is C1NC[C@@H]2COC[C@@H]12. The Morgan fingerprint density at radius 2 is 1.75 bits per heavy atom. The second-order valence-electron chi connectivity index (χ2n) is 2.72. The molecule has 0 aromatic rings. The van der Waals surface area contributed by atoms with Gasteiger partial charge < -0.3 is 10.1 Å². The molecule has 0 unspecified atom stereocenters. The topological polar surface area (TPSA) is 21.3 Å². The van der Waals surface area contributed by atoms with Gasteiger partial charge in [-0.05, 0) is 0 Å². The van der Waals surface area contributed by atoms with Crippen LogP contribution in [-0.4, -0.2) is 26.3 Å². The van der Waals surface area contributed by atoms with Crippen LogP contribution >= 0.6 is 0 Å². The highest BCUT2D eigenvalue weighted by molar-refractivity contribution is 4.84. The number of hydrogen-bond acceptors (Lipinski definition) is 2. The summed E-state index contributed by atoms with van der Waals surface area (Å²) in [6.45, 7) is 4.37. The summed E-state index contributed by atoms with van der Waals surface area (Å²) in [5, 5.41) is 3.34. The molecule has 0 amide bonds. The van der Waals surface area contributed by atoms with Crippen LogP contribution in [0.3, 0.4) is 0 Å². The van der Waals surface area contributed by atoms with E-state index in [2.05, 4.69) is 5.32 Å². The van der Waals surface area contributed by atoms with Crippen molar-refractivity contribution in [1.82, 2.24) is 5.32 Å². The molecule has 0 bridgehead atoms. The third-order valence-corrected chi connectivity index (χ3v) is 2.14. The van der Waals surface area contributed by atoms with Crippen LogP contribution in [0.2, 0.25) is 0 Å². The molecular weight excluding hydrogens is 102 g/mol. The van der Waals surface area contributed by atoms with Crippen molar-refractivity contribution in [2.24, 2.45) is 11.8 Å². The van der Waals surface area contributed by atoms with Gasteiger partial charge in [-0.1, -0.05) is 0 Å². The Morgan fingerprint density at radius 3 is 2.38 bits per heavy atom. The first-order valence-corrected chi connectivity index (χ1v) is 3.25. The predicted molar refractivity (Wildman–Crippen MR) is 30.7 cm³/mol. The molecule has 2 nitrogen and oxygen atoms in total. The fraction of sp³-hybridized carbons (Fsp3) is 1.00. The Balaban J connectivity index is 2.04. The van der Waals surface area contributed by atoms with Crippen LogP contribution in [0.5, 0.6) is 0 Å². The van der Waals surface area contributed by atoms with E-state index < -0.39 is 0 Å². The molecule has 2 aliphatic rings. The smallest absolute Gasteiger partial charge is 0.0510 e. The summed E-state index contributed by atoms with van der Waals surface area (Å²) in [4.78, 5) is 0. The zero-order chi connectivity index (χ0) is 5.40. The average molecular weight is 113 g/mol. The molecule has 0 aliphatic carbocycles. The molecule has 2 aliphatic heterocycles. The van der Waals surface area contributed by atoms with Gasteiger partial charge in [-0.15, -0.1) is 0 Å². The lowest BCUT2D eigenvalue weighted by Gasteiger charge is -1.99. The van der Waals surface area contributed by atoms with Crippen molar-refractivity contribution in [3.05, 3.63) is 0 Å². The van der Waals surface area contributed by atoms with Gasteiger partial charge in [-0.3, -0.25) is 0 Å². The molecule has 0 aromatic heterocycles. The highest BCUT2D eigenvalue weighted by atomic mass is 16.5. The summed E-state index contributed by atoms with van der Waals surface area (Å²) in [7, 11) is 0. The fourth-order valence-corrected chi connectivity index (χ4v) is 1.55. The zero-order valence-electron chi connectivity index (χ0n) is 4.89. The van der Waals surface area contributed by atoms with Crippen LogP contribution in [0.4, 0.5) is 0 Å². The van der Waals surface area contributed by atoms with E-state index >= 15 is 0 Å². The maximum absolute atomic E-state index is 5.27. The van der Waals surface area contributed by atoms with E-state index in [9.17, 15) is 0 Å². The minimum absolute atomic E-state index is 0.843. The van der Waals surface area contributed by atoms with Crippen LogP contribution in [0.1, 0.15) is 0 Å². The molecule has 1 N–H and O–H groups in total. The zero-order valence-corrected chi connectivity index (χ0v) is 4.89. The van der Waals surface area contributed by atoms with E-state index in [1.54, 1.807) is 0 Å². The second-order valence-corrected chi connectivity index (χ2v) is 2.72. The first kappa shape index (κ1) is 4.77. The summed E-state index contributed by atoms with van der Waals surface area (Å²) < 4.78 is 5.27. The van der Waals surface area contributed by atoms with E-state index in [1.165, 1.54) is 13.1 Å². The van der Waals surface area contributed by atoms with E-state index in [-0.39, 0.29) is 0 Å². The van der Waals surface area contributed by atoms with Gasteiger partial charge in [0.15, 0.2) is 0 Å². The number of fused-ring (bicyclic) bond motifs is 1. The van der Waals surface area contributed by atoms with Gasteiger partial charge in [-0.25, -0.2) is 0 Å². The van der Waals surface area contributed by atoms with E-state index in [0.29, 0.717) is 0 Å². The minimum Gasteiger partial charge on any atom is -0.381 e. The Kier molecular flexibility index (Phi) is 1.02. The molecule has 2 heterocycles. The first-order valence-electron chi connectivity index (χ1n) is 3.25. The third-order valence-electron chi connectivity index (χ3n) is 2.14. The molecule has 2 atom stereocenters. The summed E-state index contributed by atoms with van der Waals surface area (Å²) in [6, 6.07) is 0. The van der Waals surface area contributed by atoms with E-state index in [0.717, 1.165) is 25.0 Å². The fourth-order valence-electron chi connectivity index (χ4n) is 1.55. The molecule has 0 saturated carbocycles. The molecule has 2 heteroatoms. The normalized spacial score (nSPS) is 45.0. The minimum atomic E-state index is 0.843. The highest BCUT2D eigenvalue weighted by Crippen LogP contribution is 2.22. The van der Waals surface area contributed by atoms with Crippen LogP contribution in [0, 0.1) is 11.8 Å². The van der Waals surface area contributed by atoms with Crippen LogP contribution in [0.15, 0.2) is 0 Å². The van der Waals surface area contributed by atoms with Gasteiger partial charge in [0, 0.05) is 24.9 Å². The summed E-state index contributed by atoms with van der Waals surface area (Å²) in [5.74, 6) is 1.69. The highest BCUT2D eigenvalue weighted by Gasteiger charge is 2.31. The van der Waals surface area contributed by atoms with Crippen LogP contribution in [-0.2, 0) is 4.74 Å². The molecular formula is C6H11NO. The van der Waals surface area contributed by atoms with Crippen molar-refractivity contribution in [3.8, 4) is 0 Å². The lowest BCUT2D eigenvalue weighted by atomic mass is 10.0.